The van der Waals surface area contributed by atoms with Crippen molar-refractivity contribution in [2.24, 2.45) is 11.7 Å². The quantitative estimate of drug-likeness (QED) is 0.174. The lowest BCUT2D eigenvalue weighted by Gasteiger charge is -2.12. The maximum Gasteiger partial charge on any atom is 0.204 e. The number of benzene rings is 2. The van der Waals surface area contributed by atoms with Gasteiger partial charge in [0.2, 0.25) is 6.41 Å². The van der Waals surface area contributed by atoms with Crippen molar-refractivity contribution in [2.75, 3.05) is 13.6 Å². The van der Waals surface area contributed by atoms with E-state index in [1.807, 2.05) is 71.1 Å². The number of pyridine rings is 2. The molecule has 45 heavy (non-hydrogen) atoms. The minimum Gasteiger partial charge on any atom is -0.372 e. The zero-order chi connectivity index (χ0) is 34.4. The fourth-order valence-electron chi connectivity index (χ4n) is 3.83. The highest BCUT2D eigenvalue weighted by atomic mass is 35.5. The number of carbonyl (C=O) groups excluding carboxylic acids is 1. The van der Waals surface area contributed by atoms with Gasteiger partial charge in [-0.05, 0) is 93.2 Å². The van der Waals surface area contributed by atoms with Crippen LogP contribution >= 0.6 is 11.6 Å². The van der Waals surface area contributed by atoms with E-state index in [1.54, 1.807) is 6.20 Å². The highest BCUT2D eigenvalue weighted by Crippen LogP contribution is 2.28. The summed E-state index contributed by atoms with van der Waals surface area (Å²) < 4.78 is 0. The summed E-state index contributed by atoms with van der Waals surface area (Å²) in [6, 6.07) is 16.2. The molecule has 0 saturated heterocycles. The molecule has 3 N–H and O–H groups in total. The van der Waals surface area contributed by atoms with E-state index < -0.39 is 0 Å². The number of halogens is 1. The molecule has 1 fully saturated rings. The van der Waals surface area contributed by atoms with Gasteiger partial charge in [-0.15, -0.1) is 6.42 Å². The van der Waals surface area contributed by atoms with Crippen LogP contribution in [0.5, 0.6) is 0 Å². The van der Waals surface area contributed by atoms with E-state index in [0.29, 0.717) is 0 Å². The molecule has 2 heterocycles. The Morgan fingerprint density at radius 3 is 2.13 bits per heavy atom. The Labute approximate surface area is 278 Å². The number of rotatable bonds is 4. The Bertz CT molecular complexity index is 1470. The molecule has 6 heteroatoms. The van der Waals surface area contributed by atoms with Crippen LogP contribution < -0.4 is 11.1 Å². The van der Waals surface area contributed by atoms with E-state index in [0.717, 1.165) is 68.5 Å². The SMILES string of the molecule is C#Cc1cc(C)c2ncccc2c1.CC.CC1CC1.CCC.CNCCc1cc(C)c(C)c(-c2ccc(C)c(Cl)c2)n1.NC=O. The van der Waals surface area contributed by atoms with Crippen LogP contribution in [0.25, 0.3) is 22.2 Å². The summed E-state index contributed by atoms with van der Waals surface area (Å²) >= 11 is 6.24. The first-order valence-electron chi connectivity index (χ1n) is 15.9. The second-order valence-corrected chi connectivity index (χ2v) is 11.2. The molecule has 244 valence electrons. The number of amides is 1. The Morgan fingerprint density at radius 1 is 1.02 bits per heavy atom. The van der Waals surface area contributed by atoms with Crippen LogP contribution in [0.15, 0.2) is 54.7 Å². The average Bonchev–Trinajstić information content (AvgIpc) is 3.83. The van der Waals surface area contributed by atoms with Gasteiger partial charge in [0.05, 0.1) is 11.2 Å². The minimum atomic E-state index is 0.250. The normalized spacial score (nSPS) is 10.8. The van der Waals surface area contributed by atoms with E-state index in [2.05, 4.69) is 68.7 Å². The van der Waals surface area contributed by atoms with Gasteiger partial charge < -0.3 is 11.1 Å². The molecular formula is C39H55ClN4O. The zero-order valence-corrected chi connectivity index (χ0v) is 30.0. The average molecular weight is 631 g/mol. The summed E-state index contributed by atoms with van der Waals surface area (Å²) in [7, 11) is 1.96. The predicted molar refractivity (Wildman–Crippen MR) is 197 cm³/mol. The van der Waals surface area contributed by atoms with Crippen molar-refractivity contribution >= 4 is 28.9 Å². The predicted octanol–water partition coefficient (Wildman–Crippen LogP) is 9.57. The van der Waals surface area contributed by atoms with Crippen molar-refractivity contribution in [3.8, 4) is 23.6 Å². The molecule has 0 bridgehead atoms. The maximum absolute atomic E-state index is 8.58. The lowest BCUT2D eigenvalue weighted by molar-refractivity contribution is -0.106. The Kier molecular flexibility index (Phi) is 21.7. The summed E-state index contributed by atoms with van der Waals surface area (Å²) in [6.07, 6.45) is 12.5. The van der Waals surface area contributed by atoms with E-state index in [9.17, 15) is 0 Å². The Morgan fingerprint density at radius 2 is 1.62 bits per heavy atom. The van der Waals surface area contributed by atoms with Gasteiger partial charge in [0.15, 0.2) is 0 Å². The molecule has 0 spiro atoms. The first-order valence-corrected chi connectivity index (χ1v) is 16.3. The number of likely N-dealkylation sites (N-methyl/N-ethyl adjacent to an activating group) is 1. The summed E-state index contributed by atoms with van der Waals surface area (Å²) in [6.45, 7) is 19.8. The molecule has 0 aliphatic heterocycles. The van der Waals surface area contributed by atoms with E-state index >= 15 is 0 Å². The third-order valence-corrected chi connectivity index (χ3v) is 7.00. The number of terminal acetylenes is 1. The van der Waals surface area contributed by atoms with Gasteiger partial charge in [0, 0.05) is 46.4 Å². The number of nitrogens with two attached hydrogens (primary N) is 1. The molecule has 5 nitrogen and oxygen atoms in total. The van der Waals surface area contributed by atoms with Crippen molar-refractivity contribution in [1.82, 2.24) is 15.3 Å². The van der Waals surface area contributed by atoms with Gasteiger partial charge in [0.1, 0.15) is 0 Å². The summed E-state index contributed by atoms with van der Waals surface area (Å²) in [4.78, 5) is 17.7. The van der Waals surface area contributed by atoms with Crippen molar-refractivity contribution in [2.45, 2.75) is 88.0 Å². The first kappa shape index (κ1) is 41.3. The number of carbonyl (C=O) groups is 1. The maximum atomic E-state index is 8.58. The lowest BCUT2D eigenvalue weighted by Crippen LogP contribution is -2.12. The summed E-state index contributed by atoms with van der Waals surface area (Å²) in [5.41, 5.74) is 14.1. The number of hydrogen-bond donors (Lipinski definition) is 2. The highest BCUT2D eigenvalue weighted by Gasteiger charge is 2.12. The molecule has 0 unspecified atom stereocenters. The highest BCUT2D eigenvalue weighted by molar-refractivity contribution is 6.31. The third-order valence-electron chi connectivity index (χ3n) is 6.59. The van der Waals surface area contributed by atoms with Gasteiger partial charge in [0.25, 0.3) is 0 Å². The van der Waals surface area contributed by atoms with Crippen LogP contribution in [0.1, 0.15) is 87.4 Å². The molecule has 1 aliphatic carbocycles. The van der Waals surface area contributed by atoms with Crippen LogP contribution in [0.2, 0.25) is 5.02 Å². The number of nitrogens with zero attached hydrogens (tertiary/aromatic N) is 2. The first-order chi connectivity index (χ1) is 21.6. The number of fused-ring (bicyclic) bond motifs is 1. The summed E-state index contributed by atoms with van der Waals surface area (Å²) in [5.74, 6) is 3.72. The second-order valence-electron chi connectivity index (χ2n) is 10.8. The van der Waals surface area contributed by atoms with E-state index in [-0.39, 0.29) is 6.41 Å². The molecular weight excluding hydrogens is 576 g/mol. The molecule has 2 aromatic heterocycles. The van der Waals surface area contributed by atoms with Crippen LogP contribution in [-0.4, -0.2) is 30.0 Å². The number of primary amides is 1. The fraction of sp³-hybridized carbons (Fsp3) is 0.410. The minimum absolute atomic E-state index is 0.250. The van der Waals surface area contributed by atoms with Crippen molar-refractivity contribution in [3.05, 3.63) is 93.3 Å². The third kappa shape index (κ3) is 15.7. The van der Waals surface area contributed by atoms with Gasteiger partial charge in [-0.2, -0.15) is 0 Å². The van der Waals surface area contributed by atoms with Gasteiger partial charge in [-0.25, -0.2) is 0 Å². The number of aromatic nitrogens is 2. The lowest BCUT2D eigenvalue weighted by atomic mass is 10.0. The molecule has 5 rings (SSSR count). The number of hydrogen-bond acceptors (Lipinski definition) is 4. The molecule has 4 aromatic rings. The van der Waals surface area contributed by atoms with Gasteiger partial charge >= 0.3 is 0 Å². The second kappa shape index (κ2) is 23.6. The standard InChI is InChI=1S/C17H21ClN2.C12H9N.C4H8.C3H8.C2H6.CH3NO/c1-11-5-6-14(10-16(11)18)17-13(3)12(2)9-15(20-17)7-8-19-4;1-3-10-7-9(2)12-11(8-10)5-4-6-13-12;1-4-2-3-4;1-3-2;1-2;2-1-3/h5-6,9-10,19H,7-8H2,1-4H3;1,4-8H,2H3;4H,2-3H2,1H3;3H2,1-2H3;1-2H3;1H,(H2,2,3). The van der Waals surface area contributed by atoms with Gasteiger partial charge in [-0.1, -0.05) is 89.6 Å². The van der Waals surface area contributed by atoms with Crippen molar-refractivity contribution in [3.63, 3.8) is 0 Å². The number of aryl methyl sites for hydroxylation is 3. The van der Waals surface area contributed by atoms with Crippen LogP contribution in [-0.2, 0) is 11.2 Å². The van der Waals surface area contributed by atoms with E-state index in [1.165, 1.54) is 30.4 Å². The largest absolute Gasteiger partial charge is 0.372 e. The van der Waals surface area contributed by atoms with Crippen LogP contribution in [0, 0.1) is 46.0 Å². The molecule has 0 atom stereocenters. The van der Waals surface area contributed by atoms with Crippen molar-refractivity contribution < 1.29 is 4.79 Å². The Balaban J connectivity index is 0.000000657. The van der Waals surface area contributed by atoms with Crippen LogP contribution in [0.3, 0.4) is 0 Å². The molecule has 1 saturated carbocycles. The van der Waals surface area contributed by atoms with Gasteiger partial charge in [-0.3, -0.25) is 14.8 Å². The fourth-order valence-corrected chi connectivity index (χ4v) is 4.01. The molecule has 1 amide bonds. The molecule has 1 aliphatic rings. The van der Waals surface area contributed by atoms with E-state index in [4.69, 9.17) is 27.8 Å². The van der Waals surface area contributed by atoms with Crippen LogP contribution in [0.4, 0.5) is 0 Å². The molecule has 2 aromatic carbocycles. The summed E-state index contributed by atoms with van der Waals surface area (Å²) in [5, 5.41) is 5.07. The van der Waals surface area contributed by atoms with Crippen molar-refractivity contribution in [1.29, 1.82) is 0 Å². The Hall–Kier alpha value is -3.72. The smallest absolute Gasteiger partial charge is 0.204 e. The monoisotopic (exact) mass is 630 g/mol. The molecule has 0 radical (unpaired) electrons. The zero-order valence-electron chi connectivity index (χ0n) is 29.2. The number of nitrogens with one attached hydrogen (secondary N) is 1. The topological polar surface area (TPSA) is 80.9 Å².